The van der Waals surface area contributed by atoms with Crippen LogP contribution in [0.15, 0.2) is 47.5 Å². The molecule has 0 aliphatic carbocycles. The topological polar surface area (TPSA) is 79.4 Å². The Balaban J connectivity index is 2.14. The van der Waals surface area contributed by atoms with Crippen molar-refractivity contribution in [1.82, 2.24) is 14.6 Å². The normalized spacial score (nSPS) is 11.5. The van der Waals surface area contributed by atoms with Gasteiger partial charge in [0.1, 0.15) is 0 Å². The Bertz CT molecular complexity index is 848. The van der Waals surface area contributed by atoms with Crippen LogP contribution in [0.25, 0.3) is 0 Å². The zero-order valence-electron chi connectivity index (χ0n) is 15.4. The van der Waals surface area contributed by atoms with Gasteiger partial charge in [-0.3, -0.25) is 9.78 Å². The highest BCUT2D eigenvalue weighted by Crippen LogP contribution is 2.21. The van der Waals surface area contributed by atoms with Crippen LogP contribution in [0.5, 0.6) is 0 Å². The Morgan fingerprint density at radius 3 is 2.50 bits per heavy atom. The van der Waals surface area contributed by atoms with Gasteiger partial charge in [-0.15, -0.1) is 0 Å². The summed E-state index contributed by atoms with van der Waals surface area (Å²) >= 11 is 0. The molecule has 0 bridgehead atoms. The zero-order valence-corrected chi connectivity index (χ0v) is 16.2. The number of carbonyl (C=O) groups excluding carboxylic acids is 1. The molecule has 1 aromatic carbocycles. The summed E-state index contributed by atoms with van der Waals surface area (Å²) < 4.78 is 26.9. The van der Waals surface area contributed by atoms with Crippen molar-refractivity contribution in [3.63, 3.8) is 0 Å². The van der Waals surface area contributed by atoms with E-state index in [4.69, 9.17) is 0 Å². The highest BCUT2D eigenvalue weighted by atomic mass is 32.2. The van der Waals surface area contributed by atoms with Crippen LogP contribution >= 0.6 is 0 Å². The Labute approximate surface area is 155 Å². The minimum atomic E-state index is -3.61. The first kappa shape index (κ1) is 20.1. The van der Waals surface area contributed by atoms with Crippen molar-refractivity contribution >= 4 is 15.9 Å². The van der Waals surface area contributed by atoms with Gasteiger partial charge in [0.05, 0.1) is 4.90 Å². The van der Waals surface area contributed by atoms with E-state index in [1.54, 1.807) is 39.1 Å². The number of hydrogen-bond donors (Lipinski definition) is 1. The highest BCUT2D eigenvalue weighted by Gasteiger charge is 2.24. The molecule has 0 spiro atoms. The Morgan fingerprint density at radius 1 is 1.15 bits per heavy atom. The molecule has 1 amide bonds. The van der Waals surface area contributed by atoms with E-state index in [2.05, 4.69) is 10.3 Å². The van der Waals surface area contributed by atoms with Crippen LogP contribution in [0.1, 0.15) is 35.5 Å². The summed E-state index contributed by atoms with van der Waals surface area (Å²) in [5.74, 6) is -0.295. The Morgan fingerprint density at radius 2 is 1.88 bits per heavy atom. The molecule has 2 rings (SSSR count). The van der Waals surface area contributed by atoms with Gasteiger partial charge in [-0.1, -0.05) is 26.0 Å². The number of hydrogen-bond acceptors (Lipinski definition) is 4. The summed E-state index contributed by atoms with van der Waals surface area (Å²) in [6.07, 6.45) is 2.32. The molecule has 140 valence electrons. The molecule has 7 heteroatoms. The van der Waals surface area contributed by atoms with Crippen molar-refractivity contribution < 1.29 is 13.2 Å². The second-order valence-corrected chi connectivity index (χ2v) is 7.80. The summed E-state index contributed by atoms with van der Waals surface area (Å²) in [5, 5.41) is 2.82. The Hall–Kier alpha value is -2.25. The van der Waals surface area contributed by atoms with Crippen molar-refractivity contribution in [2.45, 2.75) is 32.1 Å². The molecular formula is C19H25N3O3S. The predicted molar refractivity (Wildman–Crippen MR) is 102 cm³/mol. The number of aryl methyl sites for hydroxylation is 1. The monoisotopic (exact) mass is 375 g/mol. The van der Waals surface area contributed by atoms with Crippen molar-refractivity contribution in [3.05, 3.63) is 59.4 Å². The smallest absolute Gasteiger partial charge is 0.251 e. The number of aromatic nitrogens is 1. The van der Waals surface area contributed by atoms with Crippen LogP contribution in [0.4, 0.5) is 0 Å². The Kier molecular flexibility index (Phi) is 6.88. The summed E-state index contributed by atoms with van der Waals surface area (Å²) in [4.78, 5) is 16.8. The van der Waals surface area contributed by atoms with Gasteiger partial charge in [-0.2, -0.15) is 4.31 Å². The highest BCUT2D eigenvalue weighted by molar-refractivity contribution is 7.89. The molecular weight excluding hydrogens is 350 g/mol. The largest absolute Gasteiger partial charge is 0.352 e. The average Bonchev–Trinajstić information content (AvgIpc) is 2.63. The van der Waals surface area contributed by atoms with Crippen LogP contribution in [-0.2, 0) is 16.4 Å². The summed E-state index contributed by atoms with van der Waals surface area (Å²) in [7, 11) is -3.61. The molecule has 1 heterocycles. The third kappa shape index (κ3) is 4.68. The van der Waals surface area contributed by atoms with Gasteiger partial charge in [-0.25, -0.2) is 8.42 Å². The zero-order chi connectivity index (χ0) is 19.2. The molecule has 6 nitrogen and oxygen atoms in total. The first-order chi connectivity index (χ1) is 12.4. The van der Waals surface area contributed by atoms with Gasteiger partial charge in [0.25, 0.3) is 5.91 Å². The molecule has 1 N–H and O–H groups in total. The van der Waals surface area contributed by atoms with E-state index in [0.29, 0.717) is 37.2 Å². The molecule has 0 saturated heterocycles. The summed E-state index contributed by atoms with van der Waals surface area (Å²) in [6.45, 7) is 6.54. The standard InChI is InChI=1S/C19H25N3O3S/c1-4-22(5-2)26(24,25)18-14-16(10-9-15(18)3)19(23)21-13-11-17-8-6-7-12-20-17/h6-10,12,14H,4-5,11,13H2,1-3H3,(H,21,23). The van der Waals surface area contributed by atoms with Crippen LogP contribution in [-0.4, -0.2) is 43.2 Å². The number of nitrogens with zero attached hydrogens (tertiary/aromatic N) is 2. The third-order valence-electron chi connectivity index (χ3n) is 4.17. The lowest BCUT2D eigenvalue weighted by atomic mass is 10.1. The quantitative estimate of drug-likeness (QED) is 0.768. The number of nitrogens with one attached hydrogen (secondary N) is 1. The molecule has 0 aliphatic heterocycles. The van der Waals surface area contributed by atoms with E-state index in [-0.39, 0.29) is 10.8 Å². The number of carbonyl (C=O) groups is 1. The first-order valence-corrected chi connectivity index (χ1v) is 10.1. The molecule has 1 aromatic heterocycles. The summed E-state index contributed by atoms with van der Waals surface area (Å²) in [6, 6.07) is 10.4. The summed E-state index contributed by atoms with van der Waals surface area (Å²) in [5.41, 5.74) is 1.85. The second kappa shape index (κ2) is 8.91. The molecule has 26 heavy (non-hydrogen) atoms. The molecule has 0 fully saturated rings. The lowest BCUT2D eigenvalue weighted by molar-refractivity contribution is 0.0954. The van der Waals surface area contributed by atoms with Gasteiger partial charge < -0.3 is 5.32 Å². The average molecular weight is 375 g/mol. The number of sulfonamides is 1. The van der Waals surface area contributed by atoms with Gasteiger partial charge in [0.2, 0.25) is 10.0 Å². The number of amides is 1. The molecule has 0 unspecified atom stereocenters. The fraction of sp³-hybridized carbons (Fsp3) is 0.368. The maximum Gasteiger partial charge on any atom is 0.251 e. The van der Waals surface area contributed by atoms with Crippen molar-refractivity contribution in [1.29, 1.82) is 0 Å². The fourth-order valence-electron chi connectivity index (χ4n) is 2.67. The van der Waals surface area contributed by atoms with Crippen LogP contribution in [0, 0.1) is 6.92 Å². The minimum Gasteiger partial charge on any atom is -0.352 e. The van der Waals surface area contributed by atoms with E-state index in [9.17, 15) is 13.2 Å². The first-order valence-electron chi connectivity index (χ1n) is 8.69. The van der Waals surface area contributed by atoms with E-state index >= 15 is 0 Å². The lowest BCUT2D eigenvalue weighted by Crippen LogP contribution is -2.31. The van der Waals surface area contributed by atoms with Crippen LogP contribution < -0.4 is 5.32 Å². The maximum atomic E-state index is 12.8. The number of rotatable bonds is 8. The fourth-order valence-corrected chi connectivity index (χ4v) is 4.38. The van der Waals surface area contributed by atoms with Crippen LogP contribution in [0.3, 0.4) is 0 Å². The van der Waals surface area contributed by atoms with Gasteiger partial charge in [-0.05, 0) is 36.8 Å². The van der Waals surface area contributed by atoms with Gasteiger partial charge in [0, 0.05) is 43.5 Å². The van der Waals surface area contributed by atoms with Crippen LogP contribution in [0.2, 0.25) is 0 Å². The second-order valence-electron chi connectivity index (χ2n) is 5.90. The third-order valence-corrected chi connectivity index (χ3v) is 6.36. The molecule has 0 saturated carbocycles. The van der Waals surface area contributed by atoms with Gasteiger partial charge >= 0.3 is 0 Å². The van der Waals surface area contributed by atoms with E-state index in [1.807, 2.05) is 18.2 Å². The van der Waals surface area contributed by atoms with Gasteiger partial charge in [0.15, 0.2) is 0 Å². The molecule has 0 aliphatic rings. The maximum absolute atomic E-state index is 12.8. The lowest BCUT2D eigenvalue weighted by Gasteiger charge is -2.20. The molecule has 0 radical (unpaired) electrons. The van der Waals surface area contributed by atoms with Crippen molar-refractivity contribution in [2.75, 3.05) is 19.6 Å². The van der Waals surface area contributed by atoms with E-state index < -0.39 is 10.0 Å². The van der Waals surface area contributed by atoms with Crippen molar-refractivity contribution in [2.24, 2.45) is 0 Å². The van der Waals surface area contributed by atoms with E-state index in [1.165, 1.54) is 10.4 Å². The number of benzene rings is 1. The predicted octanol–water partition coefficient (Wildman–Crippen LogP) is 2.39. The van der Waals surface area contributed by atoms with Crippen molar-refractivity contribution in [3.8, 4) is 0 Å². The number of pyridine rings is 1. The molecule has 0 atom stereocenters. The van der Waals surface area contributed by atoms with E-state index in [0.717, 1.165) is 5.69 Å². The minimum absolute atomic E-state index is 0.179. The molecule has 2 aromatic rings. The SMILES string of the molecule is CCN(CC)S(=O)(=O)c1cc(C(=O)NCCc2ccccn2)ccc1C.